The fourth-order valence-corrected chi connectivity index (χ4v) is 3.47. The van der Waals surface area contributed by atoms with Crippen LogP contribution in [0.3, 0.4) is 0 Å². The molecule has 2 fully saturated rings. The van der Waals surface area contributed by atoms with E-state index in [1.807, 2.05) is 6.92 Å². The van der Waals surface area contributed by atoms with Crippen molar-refractivity contribution < 1.29 is 4.79 Å². The summed E-state index contributed by atoms with van der Waals surface area (Å²) in [5.41, 5.74) is 0.530. The van der Waals surface area contributed by atoms with Gasteiger partial charge in [0.15, 0.2) is 5.96 Å². The molecule has 2 rings (SSSR count). The van der Waals surface area contributed by atoms with Crippen LogP contribution in [0.5, 0.6) is 0 Å². The van der Waals surface area contributed by atoms with Gasteiger partial charge in [-0.3, -0.25) is 4.79 Å². The van der Waals surface area contributed by atoms with Gasteiger partial charge in [-0.15, -0.1) is 0 Å². The number of hydrogen-bond donors (Lipinski definition) is 2. The van der Waals surface area contributed by atoms with Crippen molar-refractivity contribution in [3.8, 4) is 0 Å². The Kier molecular flexibility index (Phi) is 5.26. The van der Waals surface area contributed by atoms with Crippen molar-refractivity contribution in [2.45, 2.75) is 46.0 Å². The van der Waals surface area contributed by atoms with Crippen molar-refractivity contribution in [3.05, 3.63) is 0 Å². The Bertz CT molecular complexity index is 361. The normalized spacial score (nSPS) is 21.5. The third-order valence-electron chi connectivity index (χ3n) is 4.48. The first kappa shape index (κ1) is 15.1. The van der Waals surface area contributed by atoms with Crippen LogP contribution < -0.4 is 10.6 Å². The number of amides is 1. The molecule has 1 amide bonds. The highest BCUT2D eigenvalue weighted by molar-refractivity contribution is 5.85. The van der Waals surface area contributed by atoms with Crippen LogP contribution >= 0.6 is 0 Å². The topological polar surface area (TPSA) is 56.7 Å². The summed E-state index contributed by atoms with van der Waals surface area (Å²) in [6.07, 6.45) is 6.75. The van der Waals surface area contributed by atoms with Crippen LogP contribution in [0.4, 0.5) is 0 Å². The van der Waals surface area contributed by atoms with Crippen LogP contribution in [0, 0.1) is 5.41 Å². The highest BCUT2D eigenvalue weighted by Crippen LogP contribution is 2.45. The van der Waals surface area contributed by atoms with Crippen molar-refractivity contribution >= 4 is 11.9 Å². The number of carbonyl (C=O) groups is 1. The molecule has 1 spiro atoms. The van der Waals surface area contributed by atoms with Crippen molar-refractivity contribution in [2.75, 3.05) is 32.7 Å². The molecule has 2 aliphatic rings. The van der Waals surface area contributed by atoms with E-state index >= 15 is 0 Å². The number of likely N-dealkylation sites (tertiary alicyclic amines) is 1. The molecule has 20 heavy (non-hydrogen) atoms. The van der Waals surface area contributed by atoms with Crippen molar-refractivity contribution in [1.29, 1.82) is 0 Å². The predicted octanol–water partition coefficient (Wildman–Crippen LogP) is 1.35. The van der Waals surface area contributed by atoms with Crippen LogP contribution in [0.1, 0.15) is 46.0 Å². The van der Waals surface area contributed by atoms with E-state index in [0.29, 0.717) is 12.0 Å². The molecule has 5 heteroatoms. The van der Waals surface area contributed by atoms with Gasteiger partial charge in [-0.2, -0.15) is 0 Å². The zero-order valence-corrected chi connectivity index (χ0v) is 12.9. The lowest BCUT2D eigenvalue weighted by Gasteiger charge is -2.25. The lowest BCUT2D eigenvalue weighted by molar-refractivity contribution is -0.119. The fraction of sp³-hybridized carbons (Fsp3) is 0.867. The Balaban J connectivity index is 1.94. The van der Waals surface area contributed by atoms with Crippen LogP contribution in [-0.4, -0.2) is 49.5 Å². The van der Waals surface area contributed by atoms with Crippen LogP contribution in [0.2, 0.25) is 0 Å². The van der Waals surface area contributed by atoms with E-state index in [0.717, 1.165) is 25.6 Å². The van der Waals surface area contributed by atoms with Crippen molar-refractivity contribution in [2.24, 2.45) is 10.4 Å². The molecule has 1 saturated heterocycles. The number of guanidine groups is 1. The molecule has 0 aromatic carbocycles. The minimum absolute atomic E-state index is 0.00215. The maximum Gasteiger partial charge on any atom is 0.241 e. The summed E-state index contributed by atoms with van der Waals surface area (Å²) in [4.78, 5) is 18.4. The second kappa shape index (κ2) is 6.95. The molecule has 1 aliphatic carbocycles. The molecule has 0 atom stereocenters. The Morgan fingerprint density at radius 2 is 1.85 bits per heavy atom. The lowest BCUT2D eigenvalue weighted by atomic mass is 9.86. The summed E-state index contributed by atoms with van der Waals surface area (Å²) in [5, 5.41) is 6.11. The van der Waals surface area contributed by atoms with E-state index in [4.69, 9.17) is 0 Å². The van der Waals surface area contributed by atoms with E-state index < -0.39 is 0 Å². The average molecular weight is 280 g/mol. The second-order valence-electron chi connectivity index (χ2n) is 6.00. The third kappa shape index (κ3) is 3.64. The lowest BCUT2D eigenvalue weighted by Crippen LogP contribution is -2.41. The van der Waals surface area contributed by atoms with Crippen molar-refractivity contribution in [1.82, 2.24) is 15.5 Å². The molecule has 0 aromatic heterocycles. The maximum atomic E-state index is 11.6. The van der Waals surface area contributed by atoms with Gasteiger partial charge < -0.3 is 15.5 Å². The highest BCUT2D eigenvalue weighted by atomic mass is 16.1. The van der Waals surface area contributed by atoms with E-state index in [-0.39, 0.29) is 12.5 Å². The van der Waals surface area contributed by atoms with Crippen LogP contribution in [0.15, 0.2) is 4.99 Å². The van der Waals surface area contributed by atoms with E-state index in [1.54, 1.807) is 0 Å². The molecule has 0 bridgehead atoms. The van der Waals surface area contributed by atoms with Crippen LogP contribution in [0.25, 0.3) is 0 Å². The first-order valence-electron chi connectivity index (χ1n) is 7.99. The Morgan fingerprint density at radius 1 is 1.15 bits per heavy atom. The molecule has 1 heterocycles. The predicted molar refractivity (Wildman–Crippen MR) is 81.8 cm³/mol. The van der Waals surface area contributed by atoms with Gasteiger partial charge in [0.05, 0.1) is 0 Å². The van der Waals surface area contributed by atoms with Gasteiger partial charge in [0.25, 0.3) is 0 Å². The average Bonchev–Trinajstić information content (AvgIpc) is 3.06. The van der Waals surface area contributed by atoms with E-state index in [1.165, 1.54) is 32.1 Å². The first-order chi connectivity index (χ1) is 9.69. The molecule has 0 radical (unpaired) electrons. The summed E-state index contributed by atoms with van der Waals surface area (Å²) < 4.78 is 0. The number of hydrogen-bond acceptors (Lipinski definition) is 2. The standard InChI is InChI=1S/C15H28N4O/c1-3-16-13(20)11-18-14(17-4-2)19-10-9-15(12-19)7-5-6-8-15/h3-12H2,1-2H3,(H,16,20)(H,17,18). The van der Waals surface area contributed by atoms with Gasteiger partial charge >= 0.3 is 0 Å². The van der Waals surface area contributed by atoms with Gasteiger partial charge in [0.1, 0.15) is 6.54 Å². The minimum Gasteiger partial charge on any atom is -0.357 e. The Hall–Kier alpha value is -1.26. The number of carbonyl (C=O) groups excluding carboxylic acids is 1. The number of rotatable bonds is 4. The van der Waals surface area contributed by atoms with Gasteiger partial charge in [-0.25, -0.2) is 4.99 Å². The Labute approximate surface area is 122 Å². The smallest absolute Gasteiger partial charge is 0.241 e. The zero-order chi connectivity index (χ0) is 14.4. The second-order valence-corrected chi connectivity index (χ2v) is 6.00. The molecule has 0 unspecified atom stereocenters. The zero-order valence-electron chi connectivity index (χ0n) is 12.9. The number of nitrogens with one attached hydrogen (secondary N) is 2. The quantitative estimate of drug-likeness (QED) is 0.604. The number of aliphatic imine (C=N–C) groups is 1. The molecular weight excluding hydrogens is 252 g/mol. The number of nitrogens with zero attached hydrogens (tertiary/aromatic N) is 2. The Morgan fingerprint density at radius 3 is 2.50 bits per heavy atom. The van der Waals surface area contributed by atoms with Crippen LogP contribution in [-0.2, 0) is 4.79 Å². The SMILES string of the molecule is CCNC(=O)CN=C(NCC)N1CCC2(CCCC2)C1. The fourth-order valence-electron chi connectivity index (χ4n) is 3.47. The molecular formula is C15H28N4O. The first-order valence-corrected chi connectivity index (χ1v) is 7.99. The summed E-state index contributed by atoms with van der Waals surface area (Å²) >= 11 is 0. The van der Waals surface area contributed by atoms with E-state index in [2.05, 4.69) is 27.4 Å². The third-order valence-corrected chi connectivity index (χ3v) is 4.48. The molecule has 2 N–H and O–H groups in total. The van der Waals surface area contributed by atoms with Gasteiger partial charge in [0.2, 0.25) is 5.91 Å². The van der Waals surface area contributed by atoms with Crippen molar-refractivity contribution in [3.63, 3.8) is 0 Å². The summed E-state index contributed by atoms with van der Waals surface area (Å²) in [7, 11) is 0. The van der Waals surface area contributed by atoms with Gasteiger partial charge in [-0.05, 0) is 38.5 Å². The molecule has 5 nitrogen and oxygen atoms in total. The van der Waals surface area contributed by atoms with E-state index in [9.17, 15) is 4.79 Å². The molecule has 0 aromatic rings. The van der Waals surface area contributed by atoms with Gasteiger partial charge in [0, 0.05) is 26.2 Å². The van der Waals surface area contributed by atoms with Gasteiger partial charge in [-0.1, -0.05) is 12.8 Å². The summed E-state index contributed by atoms with van der Waals surface area (Å²) in [5.74, 6) is 0.903. The monoisotopic (exact) mass is 280 g/mol. The maximum absolute atomic E-state index is 11.6. The largest absolute Gasteiger partial charge is 0.357 e. The summed E-state index contributed by atoms with van der Waals surface area (Å²) in [6.45, 7) is 7.91. The highest BCUT2D eigenvalue weighted by Gasteiger charge is 2.41. The minimum atomic E-state index is -0.00215. The molecule has 1 saturated carbocycles. The number of likely N-dealkylation sites (N-methyl/N-ethyl adjacent to an activating group) is 1. The summed E-state index contributed by atoms with van der Waals surface area (Å²) in [6, 6.07) is 0. The molecule has 114 valence electrons. The molecule has 1 aliphatic heterocycles.